The highest BCUT2D eigenvalue weighted by atomic mass is 19.1. The van der Waals surface area contributed by atoms with Crippen molar-refractivity contribution in [2.24, 2.45) is 0 Å². The van der Waals surface area contributed by atoms with Crippen LogP contribution >= 0.6 is 0 Å². The summed E-state index contributed by atoms with van der Waals surface area (Å²) >= 11 is 0. The summed E-state index contributed by atoms with van der Waals surface area (Å²) in [5.74, 6) is 0.619. The van der Waals surface area contributed by atoms with Crippen molar-refractivity contribution < 1.29 is 28.5 Å². The third-order valence-electron chi connectivity index (χ3n) is 7.00. The number of aliphatic hydroxyl groups excluding tert-OH is 2. The van der Waals surface area contributed by atoms with Crippen LogP contribution in [-0.2, 0) is 19.4 Å². The summed E-state index contributed by atoms with van der Waals surface area (Å²) in [6.45, 7) is 1.13. The fourth-order valence-electron chi connectivity index (χ4n) is 5.11. The van der Waals surface area contributed by atoms with Gasteiger partial charge in [0.1, 0.15) is 47.5 Å². The van der Waals surface area contributed by atoms with Crippen molar-refractivity contribution in [1.29, 1.82) is 0 Å². The quantitative estimate of drug-likeness (QED) is 0.489. The van der Waals surface area contributed by atoms with Crippen LogP contribution in [0.25, 0.3) is 0 Å². The molecule has 5 nitrogen and oxygen atoms in total. The van der Waals surface area contributed by atoms with Crippen molar-refractivity contribution in [2.45, 2.75) is 56.6 Å². The average molecular weight is 496 g/mol. The standard InChI is InChI=1S/C29H31F2NO4/c30-22-8-12-26-20(14-22)6-10-28(35-26)24(33)17-32(16-19-4-2-1-3-5-19)18-25(34)29-11-7-21-15-23(31)9-13-27(21)36-29/h1-5,8-9,12-15,24-25,28-29,33-34H,6-7,10-11,16-18H2/t24-,25?,28+,29-/m1/s1. The number of rotatable bonds is 8. The van der Waals surface area contributed by atoms with Crippen molar-refractivity contribution in [1.82, 2.24) is 4.90 Å². The summed E-state index contributed by atoms with van der Waals surface area (Å²) in [5.41, 5.74) is 2.68. The van der Waals surface area contributed by atoms with Crippen LogP contribution < -0.4 is 9.47 Å². The molecule has 0 bridgehead atoms. The van der Waals surface area contributed by atoms with Gasteiger partial charge in [0, 0.05) is 19.6 Å². The minimum Gasteiger partial charge on any atom is -0.487 e. The van der Waals surface area contributed by atoms with E-state index in [9.17, 15) is 19.0 Å². The molecule has 0 spiro atoms. The van der Waals surface area contributed by atoms with Crippen LogP contribution in [0.1, 0.15) is 29.5 Å². The molecule has 0 amide bonds. The Morgan fingerprint density at radius 1 is 0.750 bits per heavy atom. The van der Waals surface area contributed by atoms with E-state index in [4.69, 9.17) is 9.47 Å². The van der Waals surface area contributed by atoms with E-state index in [1.165, 1.54) is 24.3 Å². The molecule has 2 aliphatic rings. The van der Waals surface area contributed by atoms with Gasteiger partial charge in [-0.2, -0.15) is 0 Å². The summed E-state index contributed by atoms with van der Waals surface area (Å²) in [4.78, 5) is 2.01. The first-order chi connectivity index (χ1) is 17.4. The summed E-state index contributed by atoms with van der Waals surface area (Å²) in [7, 11) is 0. The van der Waals surface area contributed by atoms with Crippen molar-refractivity contribution in [3.63, 3.8) is 0 Å². The number of nitrogens with zero attached hydrogens (tertiary/aromatic N) is 1. The molecule has 0 saturated heterocycles. The lowest BCUT2D eigenvalue weighted by Gasteiger charge is -2.35. The van der Waals surface area contributed by atoms with E-state index in [0.29, 0.717) is 56.8 Å². The van der Waals surface area contributed by atoms with Gasteiger partial charge in [-0.15, -0.1) is 0 Å². The van der Waals surface area contributed by atoms with Gasteiger partial charge in [-0.1, -0.05) is 30.3 Å². The molecule has 4 atom stereocenters. The number of hydrogen-bond donors (Lipinski definition) is 2. The maximum Gasteiger partial charge on any atom is 0.126 e. The molecule has 3 aromatic carbocycles. The Labute approximate surface area is 209 Å². The first-order valence-electron chi connectivity index (χ1n) is 12.5. The molecular formula is C29H31F2NO4. The maximum absolute atomic E-state index is 13.5. The lowest BCUT2D eigenvalue weighted by molar-refractivity contribution is -0.0295. The number of aliphatic hydroxyl groups is 2. The van der Waals surface area contributed by atoms with Gasteiger partial charge >= 0.3 is 0 Å². The lowest BCUT2D eigenvalue weighted by Crippen LogP contribution is -2.48. The molecule has 0 saturated carbocycles. The molecule has 5 rings (SSSR count). The van der Waals surface area contributed by atoms with Gasteiger partial charge in [-0.05, 0) is 78.8 Å². The van der Waals surface area contributed by atoms with Gasteiger partial charge in [-0.3, -0.25) is 4.90 Å². The van der Waals surface area contributed by atoms with Crippen molar-refractivity contribution >= 4 is 0 Å². The van der Waals surface area contributed by atoms with Crippen LogP contribution in [-0.4, -0.2) is 52.6 Å². The highest BCUT2D eigenvalue weighted by Gasteiger charge is 2.32. The molecule has 2 N–H and O–H groups in total. The minimum absolute atomic E-state index is 0.293. The predicted molar refractivity (Wildman–Crippen MR) is 132 cm³/mol. The summed E-state index contributed by atoms with van der Waals surface area (Å²) in [6.07, 6.45) is -0.0167. The van der Waals surface area contributed by atoms with Crippen LogP contribution in [0.3, 0.4) is 0 Å². The average Bonchev–Trinajstić information content (AvgIpc) is 2.88. The minimum atomic E-state index is -0.796. The van der Waals surface area contributed by atoms with E-state index in [2.05, 4.69) is 0 Å². The Bertz CT molecular complexity index is 1100. The Hall–Kier alpha value is -3.00. The molecule has 3 aromatic rings. The summed E-state index contributed by atoms with van der Waals surface area (Å²) in [6, 6.07) is 18.8. The largest absolute Gasteiger partial charge is 0.487 e. The van der Waals surface area contributed by atoms with Crippen molar-refractivity contribution in [3.8, 4) is 11.5 Å². The van der Waals surface area contributed by atoms with E-state index in [1.54, 1.807) is 12.1 Å². The first-order valence-corrected chi connectivity index (χ1v) is 12.5. The fraction of sp³-hybridized carbons (Fsp3) is 0.379. The van der Waals surface area contributed by atoms with Gasteiger partial charge in [0.25, 0.3) is 0 Å². The smallest absolute Gasteiger partial charge is 0.126 e. The highest BCUT2D eigenvalue weighted by Crippen LogP contribution is 2.31. The van der Waals surface area contributed by atoms with E-state index in [0.717, 1.165) is 16.7 Å². The molecular weight excluding hydrogens is 464 g/mol. The van der Waals surface area contributed by atoms with Crippen LogP contribution in [0.15, 0.2) is 66.7 Å². The zero-order valence-corrected chi connectivity index (χ0v) is 20.0. The van der Waals surface area contributed by atoms with E-state index in [1.807, 2.05) is 35.2 Å². The Balaban J connectivity index is 1.26. The topological polar surface area (TPSA) is 62.2 Å². The first kappa shape index (κ1) is 24.7. The molecule has 0 aliphatic carbocycles. The molecule has 0 aromatic heterocycles. The predicted octanol–water partition coefficient (Wildman–Crippen LogP) is 4.28. The Kier molecular flexibility index (Phi) is 7.51. The van der Waals surface area contributed by atoms with E-state index in [-0.39, 0.29) is 11.6 Å². The van der Waals surface area contributed by atoms with E-state index >= 15 is 0 Å². The second-order valence-corrected chi connectivity index (χ2v) is 9.71. The van der Waals surface area contributed by atoms with Gasteiger partial charge in [0.2, 0.25) is 0 Å². The SMILES string of the molecule is OC(CN(Cc1ccccc1)C[C@@H](O)[C@@H]1CCc2cc(F)ccc2O1)[C@H]1CCc2cc(F)ccc2O1. The van der Waals surface area contributed by atoms with Crippen LogP contribution in [0, 0.1) is 11.6 Å². The van der Waals surface area contributed by atoms with Gasteiger partial charge in [-0.25, -0.2) is 8.78 Å². The molecule has 7 heteroatoms. The third-order valence-corrected chi connectivity index (χ3v) is 7.00. The number of ether oxygens (including phenoxy) is 2. The zero-order chi connectivity index (χ0) is 25.1. The monoisotopic (exact) mass is 495 g/mol. The van der Waals surface area contributed by atoms with Gasteiger partial charge < -0.3 is 19.7 Å². The maximum atomic E-state index is 13.5. The number of hydrogen-bond acceptors (Lipinski definition) is 5. The number of halogens is 2. The van der Waals surface area contributed by atoms with Crippen molar-refractivity contribution in [2.75, 3.05) is 13.1 Å². The Morgan fingerprint density at radius 2 is 1.25 bits per heavy atom. The molecule has 2 aliphatic heterocycles. The van der Waals surface area contributed by atoms with Crippen molar-refractivity contribution in [3.05, 3.63) is 95.1 Å². The number of benzene rings is 3. The second kappa shape index (κ2) is 10.9. The highest BCUT2D eigenvalue weighted by molar-refractivity contribution is 5.37. The molecule has 190 valence electrons. The lowest BCUT2D eigenvalue weighted by atomic mass is 9.97. The molecule has 0 radical (unpaired) electrons. The van der Waals surface area contributed by atoms with E-state index < -0.39 is 24.4 Å². The molecule has 0 fully saturated rings. The fourth-order valence-corrected chi connectivity index (χ4v) is 5.11. The third kappa shape index (κ3) is 5.86. The van der Waals surface area contributed by atoms with Crippen LogP contribution in [0.4, 0.5) is 8.78 Å². The zero-order valence-electron chi connectivity index (χ0n) is 20.0. The van der Waals surface area contributed by atoms with Crippen LogP contribution in [0.5, 0.6) is 11.5 Å². The summed E-state index contributed by atoms with van der Waals surface area (Å²) in [5, 5.41) is 22.2. The van der Waals surface area contributed by atoms with Gasteiger partial charge in [0.15, 0.2) is 0 Å². The Morgan fingerprint density at radius 3 is 1.75 bits per heavy atom. The number of aryl methyl sites for hydroxylation is 2. The molecule has 36 heavy (non-hydrogen) atoms. The second-order valence-electron chi connectivity index (χ2n) is 9.71. The number of fused-ring (bicyclic) bond motifs is 2. The van der Waals surface area contributed by atoms with Gasteiger partial charge in [0.05, 0.1) is 0 Å². The van der Waals surface area contributed by atoms with Crippen LogP contribution in [0.2, 0.25) is 0 Å². The molecule has 2 heterocycles. The summed E-state index contributed by atoms with van der Waals surface area (Å²) < 4.78 is 39.1. The normalized spacial score (nSPS) is 20.6. The molecule has 1 unspecified atom stereocenters.